The number of methoxy groups -OCH3 is 1. The summed E-state index contributed by atoms with van der Waals surface area (Å²) in [6.45, 7) is 0.309. The number of nitrogens with zero attached hydrogens (tertiary/aromatic N) is 2. The van der Waals surface area contributed by atoms with Crippen molar-refractivity contribution >= 4 is 17.4 Å². The molecule has 0 bridgehead atoms. The number of carbonyl (C=O) groups is 1. The Morgan fingerprint density at radius 3 is 3.00 bits per heavy atom. The lowest BCUT2D eigenvalue weighted by molar-refractivity contribution is 0.0999. The molecule has 0 unspecified atom stereocenters. The van der Waals surface area contributed by atoms with Crippen molar-refractivity contribution in [3.63, 3.8) is 0 Å². The van der Waals surface area contributed by atoms with Crippen LogP contribution in [0.1, 0.15) is 15.6 Å². The molecule has 11 heavy (non-hydrogen) atoms. The van der Waals surface area contributed by atoms with Crippen molar-refractivity contribution in [1.82, 2.24) is 9.36 Å². The van der Waals surface area contributed by atoms with E-state index < -0.39 is 5.91 Å². The van der Waals surface area contributed by atoms with E-state index in [-0.39, 0.29) is 5.01 Å². The van der Waals surface area contributed by atoms with E-state index in [1.165, 1.54) is 7.11 Å². The molecule has 0 atom stereocenters. The number of carbonyl (C=O) groups excluding carboxylic acids is 1. The Labute approximate surface area is 67.4 Å². The molecule has 0 radical (unpaired) electrons. The lowest BCUT2D eigenvalue weighted by Crippen LogP contribution is -2.10. The predicted molar refractivity (Wildman–Crippen MR) is 39.1 cm³/mol. The number of nitrogens with two attached hydrogens (primary N) is 1. The molecule has 5 nitrogen and oxygen atoms in total. The Kier molecular flexibility index (Phi) is 2.50. The molecule has 0 saturated heterocycles. The Hall–Kier alpha value is -1.01. The molecule has 1 aromatic heterocycles. The van der Waals surface area contributed by atoms with Gasteiger partial charge in [-0.25, -0.2) is 4.98 Å². The van der Waals surface area contributed by atoms with Gasteiger partial charge in [0.05, 0.1) is 0 Å². The van der Waals surface area contributed by atoms with Gasteiger partial charge in [-0.2, -0.15) is 4.37 Å². The molecule has 0 fully saturated rings. The summed E-state index contributed by atoms with van der Waals surface area (Å²) in [6, 6.07) is 0. The fourth-order valence-electron chi connectivity index (χ4n) is 0.542. The van der Waals surface area contributed by atoms with E-state index in [0.29, 0.717) is 12.4 Å². The zero-order chi connectivity index (χ0) is 8.27. The highest BCUT2D eigenvalue weighted by Gasteiger charge is 2.07. The number of aromatic nitrogens is 2. The molecular weight excluding hydrogens is 166 g/mol. The summed E-state index contributed by atoms with van der Waals surface area (Å²) >= 11 is 0.982. The highest BCUT2D eigenvalue weighted by atomic mass is 32.1. The summed E-state index contributed by atoms with van der Waals surface area (Å²) < 4.78 is 8.58. The second-order valence-corrected chi connectivity index (χ2v) is 2.56. The molecular formula is C5H7N3O2S. The number of amides is 1. The zero-order valence-electron chi connectivity index (χ0n) is 5.90. The number of hydrogen-bond donors (Lipinski definition) is 1. The number of primary amides is 1. The molecule has 0 aliphatic rings. The number of ether oxygens (including phenoxy) is 1. The molecule has 1 rings (SSSR count). The first-order chi connectivity index (χ1) is 5.24. The number of hydrogen-bond acceptors (Lipinski definition) is 5. The minimum absolute atomic E-state index is 0.219. The van der Waals surface area contributed by atoms with Gasteiger partial charge in [0.1, 0.15) is 6.61 Å². The SMILES string of the molecule is COCc1nsc(C(N)=O)n1. The van der Waals surface area contributed by atoms with Gasteiger partial charge in [0, 0.05) is 7.11 Å². The lowest BCUT2D eigenvalue weighted by Gasteiger charge is -1.87. The molecule has 0 aliphatic heterocycles. The van der Waals surface area contributed by atoms with E-state index in [1.54, 1.807) is 0 Å². The predicted octanol–water partition coefficient (Wildman–Crippen LogP) is -0.217. The van der Waals surface area contributed by atoms with Crippen molar-refractivity contribution in [3.05, 3.63) is 10.8 Å². The van der Waals surface area contributed by atoms with Crippen LogP contribution in [0.5, 0.6) is 0 Å². The minimum Gasteiger partial charge on any atom is -0.377 e. The molecule has 0 saturated carbocycles. The van der Waals surface area contributed by atoms with Gasteiger partial charge in [0.25, 0.3) is 5.91 Å². The molecule has 60 valence electrons. The van der Waals surface area contributed by atoms with Gasteiger partial charge in [-0.05, 0) is 11.5 Å². The first-order valence-corrected chi connectivity index (χ1v) is 3.62. The molecule has 0 aliphatic carbocycles. The van der Waals surface area contributed by atoms with Crippen molar-refractivity contribution in [2.75, 3.05) is 7.11 Å². The molecule has 1 heterocycles. The Balaban J connectivity index is 2.73. The van der Waals surface area contributed by atoms with Gasteiger partial charge < -0.3 is 10.5 Å². The van der Waals surface area contributed by atoms with Crippen molar-refractivity contribution in [2.45, 2.75) is 6.61 Å². The third kappa shape index (κ3) is 1.95. The van der Waals surface area contributed by atoms with Crippen LogP contribution >= 0.6 is 11.5 Å². The standard InChI is InChI=1S/C5H7N3O2S/c1-10-2-3-7-5(4(6)9)11-8-3/h2H2,1H3,(H2,6,9). The minimum atomic E-state index is -0.551. The van der Waals surface area contributed by atoms with Crippen LogP contribution in [0.25, 0.3) is 0 Å². The van der Waals surface area contributed by atoms with Crippen LogP contribution in [-0.2, 0) is 11.3 Å². The van der Waals surface area contributed by atoms with Crippen molar-refractivity contribution in [1.29, 1.82) is 0 Å². The summed E-state index contributed by atoms with van der Waals surface area (Å²) in [7, 11) is 1.53. The van der Waals surface area contributed by atoms with Crippen molar-refractivity contribution in [3.8, 4) is 0 Å². The van der Waals surface area contributed by atoms with Gasteiger partial charge in [-0.1, -0.05) is 0 Å². The average Bonchev–Trinajstić information content (AvgIpc) is 2.37. The summed E-state index contributed by atoms with van der Waals surface area (Å²) in [5.74, 6) is -0.0591. The van der Waals surface area contributed by atoms with E-state index in [9.17, 15) is 4.79 Å². The molecule has 2 N–H and O–H groups in total. The molecule has 0 spiro atoms. The van der Waals surface area contributed by atoms with Crippen molar-refractivity contribution < 1.29 is 9.53 Å². The fourth-order valence-corrected chi connectivity index (χ4v) is 1.06. The first-order valence-electron chi connectivity index (χ1n) is 2.85. The summed E-state index contributed by atoms with van der Waals surface area (Å²) in [5, 5.41) is 0.219. The molecule has 1 aromatic rings. The topological polar surface area (TPSA) is 78.1 Å². The smallest absolute Gasteiger partial charge is 0.279 e. The van der Waals surface area contributed by atoms with E-state index in [4.69, 9.17) is 10.5 Å². The Morgan fingerprint density at radius 1 is 1.82 bits per heavy atom. The Bertz CT molecular complexity index is 260. The molecule has 6 heteroatoms. The highest BCUT2D eigenvalue weighted by molar-refractivity contribution is 7.07. The van der Waals surface area contributed by atoms with Gasteiger partial charge in [0.2, 0.25) is 5.01 Å². The summed E-state index contributed by atoms with van der Waals surface area (Å²) in [4.78, 5) is 14.3. The second kappa shape index (κ2) is 3.40. The van der Waals surface area contributed by atoms with Gasteiger partial charge >= 0.3 is 0 Å². The van der Waals surface area contributed by atoms with Crippen molar-refractivity contribution in [2.24, 2.45) is 5.73 Å². The third-order valence-corrected chi connectivity index (χ3v) is 1.72. The van der Waals surface area contributed by atoms with E-state index in [1.807, 2.05) is 0 Å². The van der Waals surface area contributed by atoms with Crippen LogP contribution in [0, 0.1) is 0 Å². The quantitative estimate of drug-likeness (QED) is 0.685. The zero-order valence-corrected chi connectivity index (χ0v) is 6.72. The Morgan fingerprint density at radius 2 is 2.55 bits per heavy atom. The lowest BCUT2D eigenvalue weighted by atomic mass is 10.6. The monoisotopic (exact) mass is 173 g/mol. The fraction of sp³-hybridized carbons (Fsp3) is 0.400. The largest absolute Gasteiger partial charge is 0.377 e. The molecule has 0 aromatic carbocycles. The average molecular weight is 173 g/mol. The molecule has 1 amide bonds. The summed E-state index contributed by atoms with van der Waals surface area (Å²) in [5.41, 5.74) is 4.95. The van der Waals surface area contributed by atoms with Crippen LogP contribution in [0.4, 0.5) is 0 Å². The van der Waals surface area contributed by atoms with E-state index in [2.05, 4.69) is 9.36 Å². The van der Waals surface area contributed by atoms with Gasteiger partial charge in [0.15, 0.2) is 5.82 Å². The van der Waals surface area contributed by atoms with Crippen LogP contribution < -0.4 is 5.73 Å². The normalized spacial score (nSPS) is 9.91. The van der Waals surface area contributed by atoms with Crippen LogP contribution in [0.2, 0.25) is 0 Å². The van der Waals surface area contributed by atoms with E-state index >= 15 is 0 Å². The summed E-state index contributed by atoms with van der Waals surface area (Å²) in [6.07, 6.45) is 0. The maximum absolute atomic E-state index is 10.5. The second-order valence-electron chi connectivity index (χ2n) is 1.81. The van der Waals surface area contributed by atoms with Gasteiger partial charge in [-0.3, -0.25) is 4.79 Å². The highest BCUT2D eigenvalue weighted by Crippen LogP contribution is 2.03. The van der Waals surface area contributed by atoms with Gasteiger partial charge in [-0.15, -0.1) is 0 Å². The maximum atomic E-state index is 10.5. The third-order valence-electron chi connectivity index (χ3n) is 0.952. The first kappa shape index (κ1) is 8.09. The van der Waals surface area contributed by atoms with Crippen LogP contribution in [0.3, 0.4) is 0 Å². The van der Waals surface area contributed by atoms with Crippen LogP contribution in [-0.4, -0.2) is 22.4 Å². The van der Waals surface area contributed by atoms with Crippen LogP contribution in [0.15, 0.2) is 0 Å². The number of rotatable bonds is 3. The van der Waals surface area contributed by atoms with E-state index in [0.717, 1.165) is 11.5 Å². The maximum Gasteiger partial charge on any atom is 0.279 e.